The molecule has 0 atom stereocenters. The summed E-state index contributed by atoms with van der Waals surface area (Å²) in [6.45, 7) is 3.94. The zero-order valence-corrected chi connectivity index (χ0v) is 17.5. The second-order valence-electron chi connectivity index (χ2n) is 6.61. The quantitative estimate of drug-likeness (QED) is 0.476. The average molecular weight is 416 g/mol. The second-order valence-corrected chi connectivity index (χ2v) is 7.46. The van der Waals surface area contributed by atoms with Crippen LogP contribution in [0.4, 0.5) is 0 Å². The lowest BCUT2D eigenvalue weighted by Crippen LogP contribution is -2.13. The van der Waals surface area contributed by atoms with Gasteiger partial charge in [-0.3, -0.25) is 0 Å². The summed E-state index contributed by atoms with van der Waals surface area (Å²) in [4.78, 5) is 0. The molecule has 0 spiro atoms. The Labute approximate surface area is 176 Å². The molecule has 0 amide bonds. The zero-order chi connectivity index (χ0) is 19.9. The fraction of sp³-hybridized carbons (Fsp3) is 0.217. The number of aryl methyl sites for hydroxylation is 1. The third-order valence-corrected chi connectivity index (χ3v) is 4.90. The molecule has 0 fully saturated rings. The Hall–Kier alpha value is -2.20. The molecule has 3 aromatic rings. The maximum absolute atomic E-state index is 6.46. The van der Waals surface area contributed by atoms with Gasteiger partial charge in [0.25, 0.3) is 0 Å². The van der Waals surface area contributed by atoms with Gasteiger partial charge in [0.1, 0.15) is 6.61 Å². The molecule has 0 aliphatic carbocycles. The van der Waals surface area contributed by atoms with Gasteiger partial charge in [-0.05, 0) is 47.9 Å². The van der Waals surface area contributed by atoms with Gasteiger partial charge in [-0.15, -0.1) is 0 Å². The Morgan fingerprint density at radius 2 is 1.46 bits per heavy atom. The molecule has 0 unspecified atom stereocenters. The number of ether oxygens (including phenoxy) is 2. The summed E-state index contributed by atoms with van der Waals surface area (Å²) in [6, 6.07) is 19.9. The molecule has 146 valence electrons. The van der Waals surface area contributed by atoms with Gasteiger partial charge in [-0.2, -0.15) is 0 Å². The monoisotopic (exact) mass is 415 g/mol. The van der Waals surface area contributed by atoms with Gasteiger partial charge in [-0.1, -0.05) is 65.2 Å². The highest BCUT2D eigenvalue weighted by Gasteiger charge is 2.12. The van der Waals surface area contributed by atoms with Gasteiger partial charge in [0.05, 0.1) is 12.1 Å². The number of benzene rings is 3. The van der Waals surface area contributed by atoms with Gasteiger partial charge in [0, 0.05) is 18.1 Å². The Balaban J connectivity index is 1.63. The standard InChI is InChI=1S/C23H23Cl2NO2/c1-16-3-5-17(6-4-16)13-26-14-19-11-21(25)23(22(12-19)27-2)28-15-18-7-9-20(24)10-8-18/h3-12,26H,13-15H2,1-2H3. The lowest BCUT2D eigenvalue weighted by atomic mass is 10.1. The minimum Gasteiger partial charge on any atom is -0.493 e. The molecular weight excluding hydrogens is 393 g/mol. The summed E-state index contributed by atoms with van der Waals surface area (Å²) in [6.07, 6.45) is 0. The largest absolute Gasteiger partial charge is 0.493 e. The topological polar surface area (TPSA) is 30.5 Å². The van der Waals surface area contributed by atoms with Crippen LogP contribution in [0, 0.1) is 6.92 Å². The third-order valence-electron chi connectivity index (χ3n) is 4.36. The van der Waals surface area contributed by atoms with E-state index in [2.05, 4.69) is 36.5 Å². The molecule has 3 nitrogen and oxygen atoms in total. The first-order valence-electron chi connectivity index (χ1n) is 9.05. The summed E-state index contributed by atoms with van der Waals surface area (Å²) < 4.78 is 11.4. The molecule has 1 N–H and O–H groups in total. The van der Waals surface area contributed by atoms with E-state index >= 15 is 0 Å². The molecule has 0 aliphatic rings. The fourth-order valence-electron chi connectivity index (χ4n) is 2.81. The van der Waals surface area contributed by atoms with E-state index in [1.807, 2.05) is 36.4 Å². The first-order chi connectivity index (χ1) is 13.5. The van der Waals surface area contributed by atoms with Crippen molar-refractivity contribution in [1.82, 2.24) is 5.32 Å². The number of rotatable bonds is 8. The molecule has 3 aromatic carbocycles. The van der Waals surface area contributed by atoms with Crippen LogP contribution in [0.5, 0.6) is 11.5 Å². The van der Waals surface area contributed by atoms with Crippen molar-refractivity contribution >= 4 is 23.2 Å². The van der Waals surface area contributed by atoms with E-state index in [4.69, 9.17) is 32.7 Å². The van der Waals surface area contributed by atoms with Gasteiger partial charge in [0.2, 0.25) is 0 Å². The smallest absolute Gasteiger partial charge is 0.180 e. The van der Waals surface area contributed by atoms with Crippen LogP contribution in [-0.4, -0.2) is 7.11 Å². The highest BCUT2D eigenvalue weighted by molar-refractivity contribution is 6.32. The maximum atomic E-state index is 6.46. The molecule has 5 heteroatoms. The lowest BCUT2D eigenvalue weighted by molar-refractivity contribution is 0.284. The Morgan fingerprint density at radius 3 is 2.14 bits per heavy atom. The van der Waals surface area contributed by atoms with Crippen molar-refractivity contribution in [3.05, 3.63) is 93.0 Å². The zero-order valence-electron chi connectivity index (χ0n) is 16.0. The van der Waals surface area contributed by atoms with E-state index in [0.717, 1.165) is 17.7 Å². The Bertz CT molecular complexity index is 909. The fourth-order valence-corrected chi connectivity index (χ4v) is 3.22. The summed E-state index contributed by atoms with van der Waals surface area (Å²) in [5, 5.41) is 4.66. The van der Waals surface area contributed by atoms with Gasteiger partial charge in [0.15, 0.2) is 11.5 Å². The highest BCUT2D eigenvalue weighted by Crippen LogP contribution is 2.37. The van der Waals surface area contributed by atoms with Crippen molar-refractivity contribution in [2.75, 3.05) is 7.11 Å². The van der Waals surface area contributed by atoms with E-state index in [9.17, 15) is 0 Å². The SMILES string of the molecule is COc1cc(CNCc2ccc(C)cc2)cc(Cl)c1OCc1ccc(Cl)cc1. The normalized spacial score (nSPS) is 10.7. The highest BCUT2D eigenvalue weighted by atomic mass is 35.5. The molecular formula is C23H23Cl2NO2. The summed E-state index contributed by atoms with van der Waals surface area (Å²) in [5.74, 6) is 1.16. The maximum Gasteiger partial charge on any atom is 0.180 e. The lowest BCUT2D eigenvalue weighted by Gasteiger charge is -2.15. The summed E-state index contributed by atoms with van der Waals surface area (Å²) >= 11 is 12.4. The van der Waals surface area contributed by atoms with Crippen LogP contribution in [0.25, 0.3) is 0 Å². The van der Waals surface area contributed by atoms with Crippen molar-refractivity contribution in [3.63, 3.8) is 0 Å². The van der Waals surface area contributed by atoms with Gasteiger partial charge >= 0.3 is 0 Å². The summed E-state index contributed by atoms with van der Waals surface area (Å²) in [7, 11) is 1.62. The molecule has 3 rings (SSSR count). The van der Waals surface area contributed by atoms with E-state index in [0.29, 0.717) is 34.7 Å². The number of nitrogens with one attached hydrogen (secondary N) is 1. The first-order valence-corrected chi connectivity index (χ1v) is 9.80. The molecule has 0 radical (unpaired) electrons. The minimum atomic E-state index is 0.387. The van der Waals surface area contributed by atoms with E-state index in [1.54, 1.807) is 7.11 Å². The van der Waals surface area contributed by atoms with Crippen LogP contribution in [0.15, 0.2) is 60.7 Å². The van der Waals surface area contributed by atoms with Crippen molar-refractivity contribution < 1.29 is 9.47 Å². The van der Waals surface area contributed by atoms with Crippen molar-refractivity contribution in [1.29, 1.82) is 0 Å². The van der Waals surface area contributed by atoms with Crippen molar-refractivity contribution in [2.45, 2.75) is 26.6 Å². The van der Waals surface area contributed by atoms with E-state index in [-0.39, 0.29) is 0 Å². The predicted octanol–water partition coefficient (Wildman–Crippen LogP) is 6.18. The minimum absolute atomic E-state index is 0.387. The average Bonchev–Trinajstić information content (AvgIpc) is 2.69. The van der Waals surface area contributed by atoms with Crippen LogP contribution >= 0.6 is 23.2 Å². The molecule has 0 saturated carbocycles. The molecule has 0 aromatic heterocycles. The Morgan fingerprint density at radius 1 is 0.821 bits per heavy atom. The predicted molar refractivity (Wildman–Crippen MR) is 116 cm³/mol. The molecule has 0 heterocycles. The van der Waals surface area contributed by atoms with Crippen LogP contribution in [0.3, 0.4) is 0 Å². The molecule has 0 saturated heterocycles. The van der Waals surface area contributed by atoms with Gasteiger partial charge < -0.3 is 14.8 Å². The van der Waals surface area contributed by atoms with Gasteiger partial charge in [-0.25, -0.2) is 0 Å². The van der Waals surface area contributed by atoms with Crippen molar-refractivity contribution in [2.24, 2.45) is 0 Å². The number of hydrogen-bond donors (Lipinski definition) is 1. The van der Waals surface area contributed by atoms with Crippen molar-refractivity contribution in [3.8, 4) is 11.5 Å². The van der Waals surface area contributed by atoms with Crippen LogP contribution in [0.1, 0.15) is 22.3 Å². The van der Waals surface area contributed by atoms with E-state index in [1.165, 1.54) is 11.1 Å². The molecule has 0 aliphatic heterocycles. The van der Waals surface area contributed by atoms with Crippen LogP contribution in [-0.2, 0) is 19.7 Å². The number of hydrogen-bond acceptors (Lipinski definition) is 3. The number of halogens is 2. The first kappa shape index (κ1) is 20.5. The number of methoxy groups -OCH3 is 1. The third kappa shape index (κ3) is 5.65. The van der Waals surface area contributed by atoms with Crippen LogP contribution in [0.2, 0.25) is 10.0 Å². The second kappa shape index (κ2) is 9.83. The molecule has 0 bridgehead atoms. The Kier molecular flexibility index (Phi) is 7.21. The molecule has 28 heavy (non-hydrogen) atoms. The van der Waals surface area contributed by atoms with E-state index < -0.39 is 0 Å². The van der Waals surface area contributed by atoms with Crippen LogP contribution < -0.4 is 14.8 Å². The summed E-state index contributed by atoms with van der Waals surface area (Å²) in [5.41, 5.74) is 4.54.